The number of aromatic nitrogens is 3. The zero-order chi connectivity index (χ0) is 15.6. The van der Waals surface area contributed by atoms with Crippen LogP contribution in [0.15, 0.2) is 30.9 Å². The van der Waals surface area contributed by atoms with Crippen LogP contribution in [0.1, 0.15) is 24.8 Å². The van der Waals surface area contributed by atoms with Crippen LogP contribution in [0.5, 0.6) is 0 Å². The molecule has 2 aromatic rings. The van der Waals surface area contributed by atoms with Crippen LogP contribution in [0, 0.1) is 11.6 Å². The van der Waals surface area contributed by atoms with Gasteiger partial charge in [-0.1, -0.05) is 12.5 Å². The van der Waals surface area contributed by atoms with E-state index in [1.54, 1.807) is 11.0 Å². The van der Waals surface area contributed by atoms with Crippen LogP contribution in [0.2, 0.25) is 0 Å². The highest BCUT2D eigenvalue weighted by atomic mass is 19.1. The summed E-state index contributed by atoms with van der Waals surface area (Å²) in [6.45, 7) is 0.793. The summed E-state index contributed by atoms with van der Waals surface area (Å²) in [7, 11) is 0. The molecule has 0 radical (unpaired) electrons. The summed E-state index contributed by atoms with van der Waals surface area (Å²) < 4.78 is 29.6. The lowest BCUT2D eigenvalue weighted by Crippen LogP contribution is -2.50. The second-order valence-electron chi connectivity index (χ2n) is 5.45. The summed E-state index contributed by atoms with van der Waals surface area (Å²) in [4.78, 5) is 16.3. The van der Waals surface area contributed by atoms with E-state index in [0.717, 1.165) is 6.42 Å². The normalized spacial score (nSPS) is 16.1. The zero-order valence-corrected chi connectivity index (χ0v) is 11.9. The van der Waals surface area contributed by atoms with E-state index in [1.807, 2.05) is 0 Å². The van der Waals surface area contributed by atoms with Gasteiger partial charge < -0.3 is 5.32 Å². The molecule has 5 nitrogen and oxygen atoms in total. The number of hydrogen-bond donors (Lipinski definition) is 1. The minimum absolute atomic E-state index is 0.112. The van der Waals surface area contributed by atoms with Crippen molar-refractivity contribution in [3.8, 4) is 0 Å². The van der Waals surface area contributed by atoms with Crippen LogP contribution >= 0.6 is 0 Å². The Morgan fingerprint density at radius 1 is 1.32 bits per heavy atom. The molecule has 22 heavy (non-hydrogen) atoms. The van der Waals surface area contributed by atoms with Gasteiger partial charge >= 0.3 is 0 Å². The number of nitrogens with zero attached hydrogens (tertiary/aromatic N) is 3. The number of carbonyl (C=O) groups is 1. The lowest BCUT2D eigenvalue weighted by atomic mass is 9.63. The number of benzene rings is 1. The molecule has 1 fully saturated rings. The van der Waals surface area contributed by atoms with Gasteiger partial charge in [-0.05, 0) is 25.0 Å². The molecule has 0 aliphatic heterocycles. The van der Waals surface area contributed by atoms with Crippen molar-refractivity contribution in [2.45, 2.75) is 31.2 Å². The molecule has 3 rings (SSSR count). The standard InChI is InChI=1S/C15H16F2N4O/c16-11-3-1-4-12(17)13(11)15(5-2-6-15)14(22)19-7-8-21-10-18-9-20-21/h1,3-4,9-10H,2,5-8H2,(H,19,22). The van der Waals surface area contributed by atoms with E-state index in [2.05, 4.69) is 15.4 Å². The summed E-state index contributed by atoms with van der Waals surface area (Å²) in [5, 5.41) is 6.69. The highest BCUT2D eigenvalue weighted by Gasteiger charge is 2.48. The van der Waals surface area contributed by atoms with Crippen molar-refractivity contribution in [3.05, 3.63) is 48.1 Å². The second kappa shape index (κ2) is 5.82. The molecule has 1 heterocycles. The first-order valence-electron chi connectivity index (χ1n) is 7.19. The van der Waals surface area contributed by atoms with Crippen molar-refractivity contribution >= 4 is 5.91 Å². The average Bonchev–Trinajstić information content (AvgIpc) is 2.94. The lowest BCUT2D eigenvalue weighted by molar-refractivity contribution is -0.130. The van der Waals surface area contributed by atoms with Gasteiger partial charge in [0.1, 0.15) is 24.3 Å². The molecule has 1 aliphatic rings. The summed E-state index contributed by atoms with van der Waals surface area (Å²) in [6.07, 6.45) is 4.65. The average molecular weight is 306 g/mol. The quantitative estimate of drug-likeness (QED) is 0.916. The van der Waals surface area contributed by atoms with E-state index >= 15 is 0 Å². The van der Waals surface area contributed by atoms with Crippen LogP contribution in [0.25, 0.3) is 0 Å². The third-order valence-electron chi connectivity index (χ3n) is 4.18. The molecule has 1 aliphatic carbocycles. The largest absolute Gasteiger partial charge is 0.353 e. The minimum atomic E-state index is -1.09. The molecule has 1 aromatic heterocycles. The van der Waals surface area contributed by atoms with Gasteiger partial charge in [0, 0.05) is 12.1 Å². The molecule has 116 valence electrons. The van der Waals surface area contributed by atoms with E-state index in [0.29, 0.717) is 25.9 Å². The first-order chi connectivity index (χ1) is 10.6. The smallest absolute Gasteiger partial charge is 0.230 e. The molecule has 0 bridgehead atoms. The van der Waals surface area contributed by atoms with Gasteiger partial charge in [0.25, 0.3) is 0 Å². The van der Waals surface area contributed by atoms with Gasteiger partial charge in [0.2, 0.25) is 5.91 Å². The molecule has 0 atom stereocenters. The second-order valence-corrected chi connectivity index (χ2v) is 5.45. The van der Waals surface area contributed by atoms with Gasteiger partial charge in [-0.2, -0.15) is 5.10 Å². The predicted molar refractivity (Wildman–Crippen MR) is 74.9 cm³/mol. The van der Waals surface area contributed by atoms with E-state index < -0.39 is 17.0 Å². The Balaban J connectivity index is 1.74. The number of amides is 1. The highest BCUT2D eigenvalue weighted by Crippen LogP contribution is 2.45. The Bertz CT molecular complexity index is 648. The fourth-order valence-corrected chi connectivity index (χ4v) is 2.88. The molecule has 0 unspecified atom stereocenters. The zero-order valence-electron chi connectivity index (χ0n) is 11.9. The van der Waals surface area contributed by atoms with Gasteiger partial charge in [-0.3, -0.25) is 9.48 Å². The van der Waals surface area contributed by atoms with Crippen molar-refractivity contribution in [2.24, 2.45) is 0 Å². The molecular formula is C15H16F2N4O. The minimum Gasteiger partial charge on any atom is -0.353 e. The van der Waals surface area contributed by atoms with Crippen LogP contribution in [0.3, 0.4) is 0 Å². The Labute approximate surface area is 126 Å². The fourth-order valence-electron chi connectivity index (χ4n) is 2.88. The monoisotopic (exact) mass is 306 g/mol. The Morgan fingerprint density at radius 3 is 2.59 bits per heavy atom. The predicted octanol–water partition coefficient (Wildman–Crippen LogP) is 1.79. The number of halogens is 2. The third kappa shape index (κ3) is 2.47. The first-order valence-corrected chi connectivity index (χ1v) is 7.19. The molecule has 0 spiro atoms. The van der Waals surface area contributed by atoms with Crippen molar-refractivity contribution < 1.29 is 13.6 Å². The van der Waals surface area contributed by atoms with Crippen molar-refractivity contribution in [1.82, 2.24) is 20.1 Å². The summed E-state index contributed by atoms with van der Waals surface area (Å²) in [5.74, 6) is -1.65. The van der Waals surface area contributed by atoms with E-state index in [9.17, 15) is 13.6 Å². The number of nitrogens with one attached hydrogen (secondary N) is 1. The summed E-state index contributed by atoms with van der Waals surface area (Å²) >= 11 is 0. The topological polar surface area (TPSA) is 59.8 Å². The highest BCUT2D eigenvalue weighted by molar-refractivity contribution is 5.89. The summed E-state index contributed by atoms with van der Waals surface area (Å²) in [5.41, 5.74) is -1.20. The van der Waals surface area contributed by atoms with Gasteiger partial charge in [-0.25, -0.2) is 13.8 Å². The van der Waals surface area contributed by atoms with Crippen LogP contribution < -0.4 is 5.32 Å². The maximum Gasteiger partial charge on any atom is 0.230 e. The maximum absolute atomic E-state index is 14.0. The number of carbonyl (C=O) groups excluding carboxylic acids is 1. The van der Waals surface area contributed by atoms with Crippen molar-refractivity contribution in [1.29, 1.82) is 0 Å². The van der Waals surface area contributed by atoms with E-state index in [1.165, 1.54) is 24.5 Å². The maximum atomic E-state index is 14.0. The molecule has 1 N–H and O–H groups in total. The van der Waals surface area contributed by atoms with Gasteiger partial charge in [0.05, 0.1) is 12.0 Å². The first kappa shape index (κ1) is 14.6. The van der Waals surface area contributed by atoms with Crippen LogP contribution in [0.4, 0.5) is 8.78 Å². The Kier molecular flexibility index (Phi) is 3.87. The van der Waals surface area contributed by atoms with Crippen molar-refractivity contribution in [3.63, 3.8) is 0 Å². The van der Waals surface area contributed by atoms with Crippen LogP contribution in [-0.4, -0.2) is 27.2 Å². The molecule has 7 heteroatoms. The SMILES string of the molecule is O=C(NCCn1cncn1)C1(c2c(F)cccc2F)CCC1. The number of rotatable bonds is 5. The molecular weight excluding hydrogens is 290 g/mol. The molecule has 1 amide bonds. The van der Waals surface area contributed by atoms with Crippen molar-refractivity contribution in [2.75, 3.05) is 6.54 Å². The number of hydrogen-bond acceptors (Lipinski definition) is 3. The van der Waals surface area contributed by atoms with E-state index in [4.69, 9.17) is 0 Å². The molecule has 0 saturated heterocycles. The summed E-state index contributed by atoms with van der Waals surface area (Å²) in [6, 6.07) is 3.70. The Hall–Kier alpha value is -2.31. The Morgan fingerprint density at radius 2 is 2.05 bits per heavy atom. The molecule has 1 aromatic carbocycles. The van der Waals surface area contributed by atoms with Gasteiger partial charge in [-0.15, -0.1) is 0 Å². The third-order valence-corrected chi connectivity index (χ3v) is 4.18. The molecule has 1 saturated carbocycles. The van der Waals surface area contributed by atoms with E-state index in [-0.39, 0.29) is 11.5 Å². The van der Waals surface area contributed by atoms with Gasteiger partial charge in [0.15, 0.2) is 0 Å². The lowest BCUT2D eigenvalue weighted by Gasteiger charge is -2.40. The fraction of sp³-hybridized carbons (Fsp3) is 0.400. The van der Waals surface area contributed by atoms with Crippen LogP contribution in [-0.2, 0) is 16.8 Å².